The van der Waals surface area contributed by atoms with Gasteiger partial charge in [-0.05, 0) is 13.3 Å². The molecule has 0 radical (unpaired) electrons. The summed E-state index contributed by atoms with van der Waals surface area (Å²) < 4.78 is 0. The molecule has 0 saturated carbocycles. The van der Waals surface area contributed by atoms with Crippen molar-refractivity contribution in [2.75, 3.05) is 6.54 Å². The zero-order valence-corrected chi connectivity index (χ0v) is 7.92. The first-order valence-corrected chi connectivity index (χ1v) is 4.17. The number of allylic oxidation sites excluding steroid dienone is 4. The summed E-state index contributed by atoms with van der Waals surface area (Å²) in [6.45, 7) is 6.29. The topological polar surface area (TPSA) is 55.1 Å². The molecule has 3 nitrogen and oxygen atoms in total. The van der Waals surface area contributed by atoms with Crippen LogP contribution in [-0.2, 0) is 0 Å². The normalized spacial score (nSPS) is 10.8. The Hall–Kier alpha value is -1.51. The van der Waals surface area contributed by atoms with E-state index in [1.165, 1.54) is 0 Å². The Balaban J connectivity index is 3.57. The third kappa shape index (κ3) is 8.40. The summed E-state index contributed by atoms with van der Waals surface area (Å²) in [5, 5.41) is 2.49. The number of urea groups is 1. The van der Waals surface area contributed by atoms with Crippen molar-refractivity contribution in [1.29, 1.82) is 0 Å². The van der Waals surface area contributed by atoms with Crippen molar-refractivity contribution in [3.8, 4) is 0 Å². The number of primary amides is 1. The number of rotatable bonds is 5. The van der Waals surface area contributed by atoms with Gasteiger partial charge in [-0.25, -0.2) is 4.79 Å². The van der Waals surface area contributed by atoms with Crippen LogP contribution in [0.1, 0.15) is 13.3 Å². The highest BCUT2D eigenvalue weighted by Gasteiger charge is 1.91. The number of hydrogen-bond acceptors (Lipinski definition) is 1. The molecule has 0 saturated heterocycles. The van der Waals surface area contributed by atoms with Gasteiger partial charge in [-0.2, -0.15) is 0 Å². The SMILES string of the molecule is C=C(/C=C\C=C/C)CCNC(N)=O. The lowest BCUT2D eigenvalue weighted by Crippen LogP contribution is -2.30. The van der Waals surface area contributed by atoms with Gasteiger partial charge in [0, 0.05) is 6.54 Å². The molecule has 0 atom stereocenters. The molecule has 0 aromatic rings. The Bertz CT molecular complexity index is 229. The van der Waals surface area contributed by atoms with Crippen LogP contribution in [-0.4, -0.2) is 12.6 Å². The van der Waals surface area contributed by atoms with Crippen LogP contribution in [0.5, 0.6) is 0 Å². The van der Waals surface area contributed by atoms with Crippen LogP contribution < -0.4 is 11.1 Å². The predicted octanol–water partition coefficient (Wildman–Crippen LogP) is 1.73. The average Bonchev–Trinajstić information content (AvgIpc) is 2.04. The summed E-state index contributed by atoms with van der Waals surface area (Å²) in [6.07, 6.45) is 8.39. The van der Waals surface area contributed by atoms with Crippen LogP contribution in [0.4, 0.5) is 4.79 Å². The summed E-state index contributed by atoms with van der Waals surface area (Å²) in [5.41, 5.74) is 5.86. The molecule has 0 heterocycles. The van der Waals surface area contributed by atoms with E-state index in [1.807, 2.05) is 31.2 Å². The Morgan fingerprint density at radius 3 is 2.77 bits per heavy atom. The molecule has 72 valence electrons. The fourth-order valence-electron chi connectivity index (χ4n) is 0.732. The highest BCUT2D eigenvalue weighted by Crippen LogP contribution is 1.98. The average molecular weight is 180 g/mol. The van der Waals surface area contributed by atoms with E-state index in [9.17, 15) is 4.79 Å². The maximum atomic E-state index is 10.3. The molecule has 0 aliphatic carbocycles. The number of nitrogens with one attached hydrogen (secondary N) is 1. The molecular formula is C10H16N2O. The molecule has 0 fully saturated rings. The van der Waals surface area contributed by atoms with Gasteiger partial charge in [-0.3, -0.25) is 0 Å². The largest absolute Gasteiger partial charge is 0.352 e. The fraction of sp³-hybridized carbons (Fsp3) is 0.300. The first-order chi connectivity index (χ1) is 6.16. The van der Waals surface area contributed by atoms with Gasteiger partial charge in [0.2, 0.25) is 0 Å². The van der Waals surface area contributed by atoms with Crippen molar-refractivity contribution in [1.82, 2.24) is 5.32 Å². The second-order valence-electron chi connectivity index (χ2n) is 2.58. The second kappa shape index (κ2) is 7.16. The third-order valence-electron chi connectivity index (χ3n) is 1.38. The Morgan fingerprint density at radius 1 is 1.54 bits per heavy atom. The third-order valence-corrected chi connectivity index (χ3v) is 1.38. The summed E-state index contributed by atoms with van der Waals surface area (Å²) >= 11 is 0. The first-order valence-electron chi connectivity index (χ1n) is 4.17. The fourth-order valence-corrected chi connectivity index (χ4v) is 0.732. The predicted molar refractivity (Wildman–Crippen MR) is 55.3 cm³/mol. The van der Waals surface area contributed by atoms with E-state index in [0.29, 0.717) is 6.54 Å². The summed E-state index contributed by atoms with van der Waals surface area (Å²) in [7, 11) is 0. The monoisotopic (exact) mass is 180 g/mol. The van der Waals surface area contributed by atoms with Gasteiger partial charge >= 0.3 is 6.03 Å². The van der Waals surface area contributed by atoms with Crippen LogP contribution in [0.15, 0.2) is 36.5 Å². The zero-order valence-electron chi connectivity index (χ0n) is 7.92. The molecule has 0 unspecified atom stereocenters. The van der Waals surface area contributed by atoms with E-state index in [-0.39, 0.29) is 0 Å². The minimum Gasteiger partial charge on any atom is -0.352 e. The number of amides is 2. The molecule has 0 rings (SSSR count). The van der Waals surface area contributed by atoms with Crippen LogP contribution in [0.25, 0.3) is 0 Å². The highest BCUT2D eigenvalue weighted by molar-refractivity contribution is 5.71. The summed E-state index contributed by atoms with van der Waals surface area (Å²) in [5.74, 6) is 0. The molecule has 2 amide bonds. The van der Waals surface area contributed by atoms with E-state index in [0.717, 1.165) is 12.0 Å². The Morgan fingerprint density at radius 2 is 2.23 bits per heavy atom. The summed E-state index contributed by atoms with van der Waals surface area (Å²) in [6, 6.07) is -0.495. The number of hydrogen-bond donors (Lipinski definition) is 2. The Labute approximate surface area is 79.0 Å². The van der Waals surface area contributed by atoms with Crippen molar-refractivity contribution in [3.05, 3.63) is 36.5 Å². The van der Waals surface area contributed by atoms with E-state index >= 15 is 0 Å². The van der Waals surface area contributed by atoms with Gasteiger partial charge in [0.05, 0.1) is 0 Å². The van der Waals surface area contributed by atoms with Gasteiger partial charge in [0.25, 0.3) is 0 Å². The smallest absolute Gasteiger partial charge is 0.312 e. The lowest BCUT2D eigenvalue weighted by molar-refractivity contribution is 0.249. The van der Waals surface area contributed by atoms with Crippen LogP contribution >= 0.6 is 0 Å². The van der Waals surface area contributed by atoms with Gasteiger partial charge in [0.1, 0.15) is 0 Å². The van der Waals surface area contributed by atoms with Crippen molar-refractivity contribution in [2.24, 2.45) is 5.73 Å². The van der Waals surface area contributed by atoms with Crippen LogP contribution in [0.2, 0.25) is 0 Å². The number of nitrogens with two attached hydrogens (primary N) is 1. The van der Waals surface area contributed by atoms with E-state index in [4.69, 9.17) is 5.73 Å². The van der Waals surface area contributed by atoms with Gasteiger partial charge in [-0.1, -0.05) is 36.5 Å². The van der Waals surface area contributed by atoms with Crippen molar-refractivity contribution in [3.63, 3.8) is 0 Å². The molecule has 3 heteroatoms. The van der Waals surface area contributed by atoms with E-state index in [2.05, 4.69) is 11.9 Å². The molecule has 0 aromatic carbocycles. The van der Waals surface area contributed by atoms with Gasteiger partial charge in [0.15, 0.2) is 0 Å². The first kappa shape index (κ1) is 11.5. The number of carbonyl (C=O) groups excluding carboxylic acids is 1. The maximum Gasteiger partial charge on any atom is 0.312 e. The molecule has 0 aromatic heterocycles. The minimum atomic E-state index is -0.495. The zero-order chi connectivity index (χ0) is 10.1. The van der Waals surface area contributed by atoms with Crippen molar-refractivity contribution >= 4 is 6.03 Å². The standard InChI is InChI=1S/C10H16N2O/c1-3-4-5-6-9(2)7-8-12-10(11)13/h3-6H,2,7-8H2,1H3,(H3,11,12,13)/b4-3-,6-5-. The van der Waals surface area contributed by atoms with Crippen molar-refractivity contribution in [2.45, 2.75) is 13.3 Å². The highest BCUT2D eigenvalue weighted by atomic mass is 16.2. The van der Waals surface area contributed by atoms with Crippen LogP contribution in [0.3, 0.4) is 0 Å². The quantitative estimate of drug-likeness (QED) is 0.622. The Kier molecular flexibility index (Phi) is 6.32. The molecule has 0 aliphatic rings. The maximum absolute atomic E-state index is 10.3. The lowest BCUT2D eigenvalue weighted by Gasteiger charge is -2.00. The van der Waals surface area contributed by atoms with E-state index in [1.54, 1.807) is 0 Å². The molecule has 13 heavy (non-hydrogen) atoms. The number of carbonyl (C=O) groups is 1. The van der Waals surface area contributed by atoms with E-state index < -0.39 is 6.03 Å². The molecule has 0 aliphatic heterocycles. The van der Waals surface area contributed by atoms with Crippen LogP contribution in [0, 0.1) is 0 Å². The van der Waals surface area contributed by atoms with Crippen molar-refractivity contribution < 1.29 is 4.79 Å². The molecule has 0 spiro atoms. The molecular weight excluding hydrogens is 164 g/mol. The lowest BCUT2D eigenvalue weighted by atomic mass is 10.2. The second-order valence-corrected chi connectivity index (χ2v) is 2.58. The van der Waals surface area contributed by atoms with Gasteiger partial charge < -0.3 is 11.1 Å². The molecule has 3 N–H and O–H groups in total. The van der Waals surface area contributed by atoms with Gasteiger partial charge in [-0.15, -0.1) is 0 Å². The molecule has 0 bridgehead atoms. The summed E-state index contributed by atoms with van der Waals surface area (Å²) in [4.78, 5) is 10.3. The minimum absolute atomic E-state index is 0.495.